The quantitative estimate of drug-likeness (QED) is 0.713. The maximum absolute atomic E-state index is 13.4. The van der Waals surface area contributed by atoms with Crippen LogP contribution in [0.3, 0.4) is 0 Å². The maximum atomic E-state index is 13.4. The molecule has 5 rings (SSSR count). The Morgan fingerprint density at radius 2 is 1.84 bits per heavy atom. The molecule has 2 saturated heterocycles. The third-order valence-electron chi connectivity index (χ3n) is 6.75. The fourth-order valence-electron chi connectivity index (χ4n) is 5.16. The van der Waals surface area contributed by atoms with Crippen LogP contribution in [-0.4, -0.2) is 48.3 Å². The zero-order valence-electron chi connectivity index (χ0n) is 17.9. The van der Waals surface area contributed by atoms with Crippen molar-refractivity contribution in [2.45, 2.75) is 25.6 Å². The number of rotatable bonds is 4. The van der Waals surface area contributed by atoms with Crippen molar-refractivity contribution in [3.63, 3.8) is 0 Å². The van der Waals surface area contributed by atoms with E-state index in [1.807, 2.05) is 29.3 Å². The van der Waals surface area contributed by atoms with Gasteiger partial charge in [0.2, 0.25) is 0 Å². The number of anilines is 1. The van der Waals surface area contributed by atoms with Gasteiger partial charge in [0.15, 0.2) is 0 Å². The molecule has 0 aliphatic carbocycles. The molecular weight excluding hydrogens is 400 g/mol. The Morgan fingerprint density at radius 3 is 2.52 bits per heavy atom. The molecule has 164 valence electrons. The summed E-state index contributed by atoms with van der Waals surface area (Å²) in [4.78, 5) is 40.7. The number of hydrogen-bond donors (Lipinski definition) is 0. The molecule has 9 nitrogen and oxygen atoms in total. The SMILES string of the molecule is COc1ccccc1N1CCN(n2c(=O)c3c(n(C)c2=O)[C@H]2O[C@@H]3C[C@@H]2C(C)=O)CC1. The number of aromatic nitrogens is 2. The molecule has 4 heterocycles. The van der Waals surface area contributed by atoms with Crippen LogP contribution < -0.4 is 25.9 Å². The molecule has 0 spiro atoms. The van der Waals surface area contributed by atoms with Gasteiger partial charge in [-0.25, -0.2) is 4.79 Å². The highest BCUT2D eigenvalue weighted by Crippen LogP contribution is 2.52. The number of fused-ring (bicyclic) bond motifs is 5. The van der Waals surface area contributed by atoms with Crippen molar-refractivity contribution in [1.82, 2.24) is 9.24 Å². The lowest BCUT2D eigenvalue weighted by Crippen LogP contribution is -2.60. The molecule has 3 aliphatic heterocycles. The third kappa shape index (κ3) is 2.90. The van der Waals surface area contributed by atoms with Crippen molar-refractivity contribution in [3.8, 4) is 5.75 Å². The predicted molar refractivity (Wildman–Crippen MR) is 114 cm³/mol. The zero-order valence-corrected chi connectivity index (χ0v) is 17.9. The van der Waals surface area contributed by atoms with Crippen LogP contribution in [0, 0.1) is 5.92 Å². The average molecular weight is 426 g/mol. The number of carbonyl (C=O) groups is 1. The van der Waals surface area contributed by atoms with Crippen LogP contribution in [0.4, 0.5) is 5.69 Å². The molecule has 31 heavy (non-hydrogen) atoms. The number of ketones is 1. The summed E-state index contributed by atoms with van der Waals surface area (Å²) in [6, 6.07) is 7.83. The Labute approximate surface area is 179 Å². The second-order valence-corrected chi connectivity index (χ2v) is 8.37. The average Bonchev–Trinajstić information content (AvgIpc) is 3.38. The second kappa shape index (κ2) is 7.26. The van der Waals surface area contributed by atoms with Gasteiger partial charge in [-0.1, -0.05) is 12.1 Å². The van der Waals surface area contributed by atoms with Gasteiger partial charge >= 0.3 is 5.69 Å². The summed E-state index contributed by atoms with van der Waals surface area (Å²) in [6.45, 7) is 3.90. The lowest BCUT2D eigenvalue weighted by Gasteiger charge is -2.38. The van der Waals surface area contributed by atoms with E-state index in [0.29, 0.717) is 43.9 Å². The van der Waals surface area contributed by atoms with Crippen LogP contribution >= 0.6 is 0 Å². The number of Topliss-reactive ketones (excluding diaryl/α,β-unsaturated/α-hetero) is 1. The van der Waals surface area contributed by atoms with Gasteiger partial charge in [-0.3, -0.25) is 14.2 Å². The molecule has 3 atom stereocenters. The fourth-order valence-corrected chi connectivity index (χ4v) is 5.16. The van der Waals surface area contributed by atoms with E-state index in [1.54, 1.807) is 14.2 Å². The molecule has 0 radical (unpaired) electrons. The molecule has 3 aliphatic rings. The van der Waals surface area contributed by atoms with E-state index in [2.05, 4.69) is 4.90 Å². The number of nitrogens with zero attached hydrogens (tertiary/aromatic N) is 4. The third-order valence-corrected chi connectivity index (χ3v) is 6.75. The summed E-state index contributed by atoms with van der Waals surface area (Å²) in [7, 11) is 3.30. The molecule has 2 fully saturated rings. The van der Waals surface area contributed by atoms with E-state index in [9.17, 15) is 14.4 Å². The van der Waals surface area contributed by atoms with Crippen molar-refractivity contribution in [3.05, 3.63) is 56.4 Å². The van der Waals surface area contributed by atoms with E-state index in [4.69, 9.17) is 9.47 Å². The number of ether oxygens (including phenoxy) is 2. The van der Waals surface area contributed by atoms with E-state index < -0.39 is 17.9 Å². The number of piperazine rings is 1. The summed E-state index contributed by atoms with van der Waals surface area (Å²) in [6.07, 6.45) is -0.420. The van der Waals surface area contributed by atoms with E-state index in [-0.39, 0.29) is 17.3 Å². The van der Waals surface area contributed by atoms with Crippen molar-refractivity contribution < 1.29 is 14.3 Å². The highest BCUT2D eigenvalue weighted by Gasteiger charge is 2.51. The lowest BCUT2D eigenvalue weighted by molar-refractivity contribution is -0.122. The normalized spacial score (nSPS) is 24.4. The number of benzene rings is 1. The standard InChI is InChI=1S/C22H26N4O5/c1-13(27)14-12-17-18-19(20(14)31-17)23(2)22(29)26(21(18)28)25-10-8-24(9-11-25)15-6-4-5-7-16(15)30-3/h4-7,14,17,20H,8-12H2,1-3H3/t14-,17-,20+/m1/s1. The minimum Gasteiger partial charge on any atom is -0.495 e. The van der Waals surface area contributed by atoms with E-state index in [1.165, 1.54) is 16.2 Å². The van der Waals surface area contributed by atoms with Crippen LogP contribution in [-0.2, 0) is 16.6 Å². The Balaban J connectivity index is 1.45. The van der Waals surface area contributed by atoms with Gasteiger partial charge in [0.25, 0.3) is 5.56 Å². The van der Waals surface area contributed by atoms with Crippen LogP contribution in [0.25, 0.3) is 0 Å². The summed E-state index contributed by atoms with van der Waals surface area (Å²) < 4.78 is 14.2. The number of methoxy groups -OCH3 is 1. The van der Waals surface area contributed by atoms with Gasteiger partial charge in [-0.2, -0.15) is 4.68 Å². The van der Waals surface area contributed by atoms with Crippen LogP contribution in [0.1, 0.15) is 36.8 Å². The molecule has 0 amide bonds. The molecule has 0 unspecified atom stereocenters. The molecule has 1 aromatic carbocycles. The zero-order chi connectivity index (χ0) is 21.9. The molecule has 2 bridgehead atoms. The monoisotopic (exact) mass is 426 g/mol. The van der Waals surface area contributed by atoms with Gasteiger partial charge < -0.3 is 19.4 Å². The van der Waals surface area contributed by atoms with Gasteiger partial charge in [0.05, 0.1) is 49.2 Å². The Bertz CT molecular complexity index is 1160. The fraction of sp³-hybridized carbons (Fsp3) is 0.500. The molecule has 9 heteroatoms. The minimum absolute atomic E-state index is 0.0299. The number of para-hydroxylation sites is 2. The van der Waals surface area contributed by atoms with E-state index in [0.717, 1.165) is 11.4 Å². The van der Waals surface area contributed by atoms with Crippen LogP contribution in [0.15, 0.2) is 33.9 Å². The number of carbonyl (C=O) groups excluding carboxylic acids is 1. The van der Waals surface area contributed by atoms with Crippen molar-refractivity contribution in [2.75, 3.05) is 43.2 Å². The minimum atomic E-state index is -0.500. The van der Waals surface area contributed by atoms with Crippen LogP contribution in [0.5, 0.6) is 5.75 Å². The maximum Gasteiger partial charge on any atom is 0.350 e. The first-order chi connectivity index (χ1) is 14.9. The van der Waals surface area contributed by atoms with Crippen molar-refractivity contribution >= 4 is 11.5 Å². The predicted octanol–water partition coefficient (Wildman–Crippen LogP) is 0.735. The van der Waals surface area contributed by atoms with E-state index >= 15 is 0 Å². The second-order valence-electron chi connectivity index (χ2n) is 8.37. The topological polar surface area (TPSA) is 86.0 Å². The Kier molecular flexibility index (Phi) is 4.65. The Hall–Kier alpha value is -3.07. The summed E-state index contributed by atoms with van der Waals surface area (Å²) >= 11 is 0. The molecule has 0 saturated carbocycles. The summed E-state index contributed by atoms with van der Waals surface area (Å²) in [5, 5.41) is 1.81. The van der Waals surface area contributed by atoms with Crippen molar-refractivity contribution in [1.29, 1.82) is 0 Å². The molecule has 2 aromatic rings. The first-order valence-corrected chi connectivity index (χ1v) is 10.6. The highest BCUT2D eigenvalue weighted by molar-refractivity contribution is 5.80. The largest absolute Gasteiger partial charge is 0.495 e. The first kappa shape index (κ1) is 19.9. The summed E-state index contributed by atoms with van der Waals surface area (Å²) in [5.74, 6) is 0.541. The number of hydrogen-bond acceptors (Lipinski definition) is 7. The Morgan fingerprint density at radius 1 is 1.13 bits per heavy atom. The van der Waals surface area contributed by atoms with Gasteiger partial charge in [-0.05, 0) is 25.5 Å². The van der Waals surface area contributed by atoms with Gasteiger partial charge in [0, 0.05) is 20.1 Å². The van der Waals surface area contributed by atoms with Gasteiger partial charge in [0.1, 0.15) is 17.6 Å². The van der Waals surface area contributed by atoms with Crippen LogP contribution in [0.2, 0.25) is 0 Å². The highest BCUT2D eigenvalue weighted by atomic mass is 16.5. The lowest BCUT2D eigenvalue weighted by atomic mass is 9.85. The smallest absolute Gasteiger partial charge is 0.350 e. The molecule has 0 N–H and O–H groups in total. The van der Waals surface area contributed by atoms with Crippen molar-refractivity contribution in [2.24, 2.45) is 13.0 Å². The van der Waals surface area contributed by atoms with Gasteiger partial charge in [-0.15, -0.1) is 0 Å². The first-order valence-electron chi connectivity index (χ1n) is 10.6. The summed E-state index contributed by atoms with van der Waals surface area (Å²) in [5.41, 5.74) is 1.37. The molecule has 1 aromatic heterocycles. The molecular formula is C22H26N4O5.